The van der Waals surface area contributed by atoms with E-state index in [0.29, 0.717) is 20.7 Å². The number of benzene rings is 2. The Morgan fingerprint density at radius 2 is 1.65 bits per heavy atom. The van der Waals surface area contributed by atoms with Crippen molar-refractivity contribution >= 4 is 28.5 Å². The zero-order chi connectivity index (χ0) is 14.3. The van der Waals surface area contributed by atoms with Crippen molar-refractivity contribution in [3.63, 3.8) is 0 Å². The zero-order valence-electron chi connectivity index (χ0n) is 10.2. The molecule has 0 bridgehead atoms. The Labute approximate surface area is 119 Å². The first-order chi connectivity index (χ1) is 9.56. The van der Waals surface area contributed by atoms with Crippen LogP contribution in [0.25, 0.3) is 22.0 Å². The van der Waals surface area contributed by atoms with Crippen LogP contribution in [-0.4, -0.2) is 21.0 Å². The van der Waals surface area contributed by atoms with Gasteiger partial charge in [-0.3, -0.25) is 0 Å². The molecule has 0 fully saturated rings. The standard InChI is InChI=1S/C15H10ClNO3/c16-12-5-3-9(4-6-12)10-1-2-11-8-14(15(18)19)17(20)13(11)7-10/h1-8,20H,(H,18,19). The molecule has 0 radical (unpaired) electrons. The Kier molecular flexibility index (Phi) is 2.88. The van der Waals surface area contributed by atoms with Crippen LogP contribution in [0.1, 0.15) is 10.5 Å². The second-order valence-electron chi connectivity index (χ2n) is 4.43. The number of halogens is 1. The molecule has 0 unspecified atom stereocenters. The quantitative estimate of drug-likeness (QED) is 0.703. The molecule has 0 saturated heterocycles. The fourth-order valence-corrected chi connectivity index (χ4v) is 2.29. The van der Waals surface area contributed by atoms with E-state index in [1.807, 2.05) is 18.2 Å². The maximum Gasteiger partial charge on any atom is 0.356 e. The molecule has 0 aliphatic carbocycles. The highest BCUT2D eigenvalue weighted by Gasteiger charge is 2.14. The molecule has 0 aliphatic heterocycles. The van der Waals surface area contributed by atoms with E-state index >= 15 is 0 Å². The molecular formula is C15H10ClNO3. The zero-order valence-corrected chi connectivity index (χ0v) is 11.0. The van der Waals surface area contributed by atoms with Crippen LogP contribution in [0.15, 0.2) is 48.5 Å². The molecule has 5 heteroatoms. The lowest BCUT2D eigenvalue weighted by Crippen LogP contribution is -2.04. The third-order valence-corrected chi connectivity index (χ3v) is 3.43. The largest absolute Gasteiger partial charge is 0.476 e. The fourth-order valence-electron chi connectivity index (χ4n) is 2.16. The lowest BCUT2D eigenvalue weighted by Gasteiger charge is -2.03. The van der Waals surface area contributed by atoms with Crippen molar-refractivity contribution in [3.8, 4) is 11.1 Å². The van der Waals surface area contributed by atoms with Crippen LogP contribution in [0.2, 0.25) is 5.02 Å². The van der Waals surface area contributed by atoms with Crippen LogP contribution in [0, 0.1) is 0 Å². The van der Waals surface area contributed by atoms with E-state index < -0.39 is 5.97 Å². The van der Waals surface area contributed by atoms with Gasteiger partial charge in [0.15, 0.2) is 5.69 Å². The van der Waals surface area contributed by atoms with Crippen LogP contribution < -0.4 is 0 Å². The maximum absolute atomic E-state index is 11.0. The molecular weight excluding hydrogens is 278 g/mol. The minimum absolute atomic E-state index is 0.159. The summed E-state index contributed by atoms with van der Waals surface area (Å²) in [5.41, 5.74) is 2.11. The highest BCUT2D eigenvalue weighted by Crippen LogP contribution is 2.27. The van der Waals surface area contributed by atoms with Crippen molar-refractivity contribution in [1.29, 1.82) is 0 Å². The number of hydrogen-bond acceptors (Lipinski definition) is 2. The van der Waals surface area contributed by atoms with E-state index in [1.54, 1.807) is 24.3 Å². The van der Waals surface area contributed by atoms with E-state index in [-0.39, 0.29) is 5.69 Å². The molecule has 1 aromatic heterocycles. The Morgan fingerprint density at radius 1 is 1.00 bits per heavy atom. The van der Waals surface area contributed by atoms with Gasteiger partial charge in [-0.05, 0) is 35.4 Å². The summed E-state index contributed by atoms with van der Waals surface area (Å²) in [6.45, 7) is 0. The number of aromatic nitrogens is 1. The van der Waals surface area contributed by atoms with Gasteiger partial charge in [0.25, 0.3) is 0 Å². The minimum atomic E-state index is -1.17. The molecule has 3 rings (SSSR count). The number of hydrogen-bond donors (Lipinski definition) is 2. The predicted molar refractivity (Wildman–Crippen MR) is 76.5 cm³/mol. The third kappa shape index (κ3) is 2.00. The number of carboxylic acids is 1. The SMILES string of the molecule is O=C(O)c1cc2ccc(-c3ccc(Cl)cc3)cc2n1O. The lowest BCUT2D eigenvalue weighted by atomic mass is 10.0. The molecule has 0 aliphatic rings. The first-order valence-corrected chi connectivity index (χ1v) is 6.28. The molecule has 0 atom stereocenters. The number of rotatable bonds is 2. The Balaban J connectivity index is 2.17. The van der Waals surface area contributed by atoms with Gasteiger partial charge < -0.3 is 10.3 Å². The normalized spacial score (nSPS) is 10.8. The molecule has 0 spiro atoms. The van der Waals surface area contributed by atoms with Gasteiger partial charge in [0.2, 0.25) is 0 Å². The van der Waals surface area contributed by atoms with Crippen molar-refractivity contribution in [1.82, 2.24) is 4.73 Å². The van der Waals surface area contributed by atoms with Gasteiger partial charge in [-0.1, -0.05) is 35.9 Å². The molecule has 1 heterocycles. The Morgan fingerprint density at radius 3 is 2.30 bits per heavy atom. The maximum atomic E-state index is 11.0. The van der Waals surface area contributed by atoms with Gasteiger partial charge in [-0.25, -0.2) is 4.79 Å². The van der Waals surface area contributed by atoms with Crippen molar-refractivity contribution in [2.75, 3.05) is 0 Å². The summed E-state index contributed by atoms with van der Waals surface area (Å²) in [4.78, 5) is 11.0. The summed E-state index contributed by atoms with van der Waals surface area (Å²) in [6.07, 6.45) is 0. The summed E-state index contributed by atoms with van der Waals surface area (Å²) in [5.74, 6) is -1.17. The summed E-state index contributed by atoms with van der Waals surface area (Å²) in [7, 11) is 0. The van der Waals surface area contributed by atoms with Crippen LogP contribution in [0.4, 0.5) is 0 Å². The van der Waals surface area contributed by atoms with Gasteiger partial charge in [-0.2, -0.15) is 4.73 Å². The number of nitrogens with zero attached hydrogens (tertiary/aromatic N) is 1. The topological polar surface area (TPSA) is 62.5 Å². The molecule has 0 amide bonds. The molecule has 20 heavy (non-hydrogen) atoms. The van der Waals surface area contributed by atoms with Crippen molar-refractivity contribution < 1.29 is 15.1 Å². The Bertz CT molecular complexity index is 806. The van der Waals surface area contributed by atoms with Crippen molar-refractivity contribution in [2.24, 2.45) is 0 Å². The van der Waals surface area contributed by atoms with Crippen LogP contribution in [0.3, 0.4) is 0 Å². The van der Waals surface area contributed by atoms with Gasteiger partial charge in [0, 0.05) is 10.4 Å². The first-order valence-electron chi connectivity index (χ1n) is 5.90. The summed E-state index contributed by atoms with van der Waals surface area (Å²) >= 11 is 5.85. The van der Waals surface area contributed by atoms with Gasteiger partial charge in [0.05, 0.1) is 5.52 Å². The molecule has 4 nitrogen and oxygen atoms in total. The van der Waals surface area contributed by atoms with E-state index in [9.17, 15) is 10.0 Å². The number of fused-ring (bicyclic) bond motifs is 1. The van der Waals surface area contributed by atoms with E-state index in [2.05, 4.69) is 0 Å². The van der Waals surface area contributed by atoms with Gasteiger partial charge in [-0.15, -0.1) is 0 Å². The Hall–Kier alpha value is -2.46. The fraction of sp³-hybridized carbons (Fsp3) is 0. The smallest absolute Gasteiger partial charge is 0.356 e. The van der Waals surface area contributed by atoms with Crippen molar-refractivity contribution in [2.45, 2.75) is 0 Å². The predicted octanol–water partition coefficient (Wildman–Crippen LogP) is 3.90. The average molecular weight is 288 g/mol. The molecule has 0 saturated carbocycles. The van der Waals surface area contributed by atoms with E-state index in [1.165, 1.54) is 6.07 Å². The summed E-state index contributed by atoms with van der Waals surface area (Å²) < 4.78 is 0.692. The van der Waals surface area contributed by atoms with E-state index in [4.69, 9.17) is 16.7 Å². The number of aromatic carboxylic acids is 1. The van der Waals surface area contributed by atoms with Crippen molar-refractivity contribution in [3.05, 3.63) is 59.2 Å². The van der Waals surface area contributed by atoms with Gasteiger partial charge in [0.1, 0.15) is 0 Å². The van der Waals surface area contributed by atoms with Crippen LogP contribution >= 0.6 is 11.6 Å². The average Bonchev–Trinajstić information content (AvgIpc) is 2.77. The van der Waals surface area contributed by atoms with Gasteiger partial charge >= 0.3 is 5.97 Å². The molecule has 2 aromatic carbocycles. The van der Waals surface area contributed by atoms with E-state index in [0.717, 1.165) is 11.1 Å². The highest BCUT2D eigenvalue weighted by atomic mass is 35.5. The lowest BCUT2D eigenvalue weighted by molar-refractivity contribution is 0.0649. The second-order valence-corrected chi connectivity index (χ2v) is 4.86. The first kappa shape index (κ1) is 12.6. The minimum Gasteiger partial charge on any atom is -0.476 e. The summed E-state index contributed by atoms with van der Waals surface area (Å²) in [5, 5.41) is 20.2. The van der Waals surface area contributed by atoms with Crippen LogP contribution in [-0.2, 0) is 0 Å². The van der Waals surface area contributed by atoms with Crippen LogP contribution in [0.5, 0.6) is 0 Å². The summed E-state index contributed by atoms with van der Waals surface area (Å²) in [6, 6.07) is 14.1. The second kappa shape index (κ2) is 4.58. The number of carbonyl (C=O) groups is 1. The molecule has 100 valence electrons. The highest BCUT2D eigenvalue weighted by molar-refractivity contribution is 6.30. The number of carboxylic acid groups (broad SMARTS) is 1. The molecule has 2 N–H and O–H groups in total. The molecule has 3 aromatic rings. The monoisotopic (exact) mass is 287 g/mol. The third-order valence-electron chi connectivity index (χ3n) is 3.18.